The second kappa shape index (κ2) is 13.3. The number of nitrogens with zero attached hydrogens (tertiary/aromatic N) is 1. The average Bonchev–Trinajstić information content (AvgIpc) is 3.39. The lowest BCUT2D eigenvalue weighted by Gasteiger charge is -2.25. The SMILES string of the molecule is Cc1ccc(S(=O)(=O)N2CCCC2C(=O)NC(Cc2ccc(NC(=O)C(C)NC(=O)OC(C)(C)C)cc2)C(=O)O)cc1. The van der Waals surface area contributed by atoms with Crippen LogP contribution in [-0.2, 0) is 35.6 Å². The zero-order chi connectivity index (χ0) is 31.2. The van der Waals surface area contributed by atoms with Crippen LogP contribution in [0.15, 0.2) is 53.4 Å². The van der Waals surface area contributed by atoms with Crippen molar-refractivity contribution < 1.29 is 37.4 Å². The molecule has 0 saturated carbocycles. The number of sulfonamides is 1. The van der Waals surface area contributed by atoms with Crippen LogP contribution in [0.1, 0.15) is 51.7 Å². The summed E-state index contributed by atoms with van der Waals surface area (Å²) >= 11 is 0. The van der Waals surface area contributed by atoms with E-state index in [0.717, 1.165) is 9.87 Å². The molecule has 0 radical (unpaired) electrons. The Kier molecular flexibility index (Phi) is 10.3. The molecule has 1 saturated heterocycles. The average molecular weight is 603 g/mol. The molecule has 42 heavy (non-hydrogen) atoms. The molecule has 1 aliphatic heterocycles. The van der Waals surface area contributed by atoms with Crippen LogP contribution in [0, 0.1) is 6.92 Å². The highest BCUT2D eigenvalue weighted by Gasteiger charge is 2.40. The smallest absolute Gasteiger partial charge is 0.408 e. The van der Waals surface area contributed by atoms with E-state index in [0.29, 0.717) is 17.7 Å². The topological polar surface area (TPSA) is 171 Å². The number of aryl methyl sites for hydroxylation is 1. The van der Waals surface area contributed by atoms with Crippen LogP contribution in [0.25, 0.3) is 0 Å². The van der Waals surface area contributed by atoms with Crippen molar-refractivity contribution >= 4 is 39.6 Å². The van der Waals surface area contributed by atoms with Crippen LogP contribution in [0.4, 0.5) is 10.5 Å². The lowest BCUT2D eigenvalue weighted by atomic mass is 10.0. The lowest BCUT2D eigenvalue weighted by molar-refractivity contribution is -0.142. The van der Waals surface area contributed by atoms with Crippen molar-refractivity contribution in [1.82, 2.24) is 14.9 Å². The van der Waals surface area contributed by atoms with Gasteiger partial charge in [-0.2, -0.15) is 4.31 Å². The third-order valence-corrected chi connectivity index (χ3v) is 8.46. The number of benzene rings is 2. The molecule has 0 spiro atoms. The van der Waals surface area contributed by atoms with Gasteiger partial charge in [0.25, 0.3) is 0 Å². The number of carboxylic acids is 1. The predicted molar refractivity (Wildman–Crippen MR) is 155 cm³/mol. The minimum absolute atomic E-state index is 0.0661. The lowest BCUT2D eigenvalue weighted by Crippen LogP contribution is -2.51. The van der Waals surface area contributed by atoms with E-state index in [2.05, 4.69) is 16.0 Å². The maximum Gasteiger partial charge on any atom is 0.408 e. The first-order valence-corrected chi connectivity index (χ1v) is 15.0. The first kappa shape index (κ1) is 32.5. The quantitative estimate of drug-likeness (QED) is 0.322. The molecule has 13 heteroatoms. The van der Waals surface area contributed by atoms with Crippen LogP contribution in [-0.4, -0.2) is 72.0 Å². The molecule has 12 nitrogen and oxygen atoms in total. The van der Waals surface area contributed by atoms with Crippen molar-refractivity contribution in [2.24, 2.45) is 0 Å². The fraction of sp³-hybridized carbons (Fsp3) is 0.448. The monoisotopic (exact) mass is 602 g/mol. The molecule has 1 heterocycles. The number of rotatable bonds is 10. The standard InChI is InChI=1S/C29H38N4O8S/c1-18-8-14-22(15-9-18)42(39,40)33-16-6-7-24(33)26(35)32-23(27(36)37)17-20-10-12-21(13-11-20)31-25(34)19(2)30-28(38)41-29(3,4)5/h8-15,19,23-24H,6-7,16-17H2,1-5H3,(H,30,38)(H,31,34)(H,32,35)(H,36,37). The Morgan fingerprint density at radius 2 is 1.64 bits per heavy atom. The number of carboxylic acid groups (broad SMARTS) is 1. The second-order valence-corrected chi connectivity index (χ2v) is 13.1. The first-order chi connectivity index (χ1) is 19.6. The molecule has 3 atom stereocenters. The van der Waals surface area contributed by atoms with E-state index in [4.69, 9.17) is 4.74 Å². The number of carbonyl (C=O) groups is 4. The Morgan fingerprint density at radius 3 is 2.21 bits per heavy atom. The van der Waals surface area contributed by atoms with Gasteiger partial charge in [-0.1, -0.05) is 29.8 Å². The molecule has 228 valence electrons. The Balaban J connectivity index is 1.61. The zero-order valence-electron chi connectivity index (χ0n) is 24.3. The Bertz CT molecular complexity index is 1400. The summed E-state index contributed by atoms with van der Waals surface area (Å²) in [7, 11) is -3.94. The summed E-state index contributed by atoms with van der Waals surface area (Å²) in [5.74, 6) is -2.43. The van der Waals surface area contributed by atoms with E-state index in [1.807, 2.05) is 6.92 Å². The van der Waals surface area contributed by atoms with Gasteiger partial charge in [-0.25, -0.2) is 18.0 Å². The predicted octanol–water partition coefficient (Wildman–Crippen LogP) is 2.81. The molecule has 0 aromatic heterocycles. The van der Waals surface area contributed by atoms with Gasteiger partial charge in [0.05, 0.1) is 4.90 Å². The largest absolute Gasteiger partial charge is 0.480 e. The van der Waals surface area contributed by atoms with Crippen molar-refractivity contribution in [2.45, 2.75) is 82.5 Å². The summed E-state index contributed by atoms with van der Waals surface area (Å²) in [5.41, 5.74) is 1.17. The van der Waals surface area contributed by atoms with E-state index < -0.39 is 57.6 Å². The molecular weight excluding hydrogens is 564 g/mol. The van der Waals surface area contributed by atoms with Gasteiger partial charge >= 0.3 is 12.1 Å². The third kappa shape index (κ3) is 8.76. The minimum Gasteiger partial charge on any atom is -0.480 e. The van der Waals surface area contributed by atoms with Crippen LogP contribution in [0.3, 0.4) is 0 Å². The number of ether oxygens (including phenoxy) is 1. The normalized spacial score (nSPS) is 17.1. The number of amides is 3. The molecule has 4 N–H and O–H groups in total. The van der Waals surface area contributed by atoms with Gasteiger partial charge in [0.1, 0.15) is 23.7 Å². The van der Waals surface area contributed by atoms with Crippen molar-refractivity contribution in [3.05, 3.63) is 59.7 Å². The first-order valence-electron chi connectivity index (χ1n) is 13.6. The van der Waals surface area contributed by atoms with Gasteiger partial charge in [0.2, 0.25) is 21.8 Å². The molecule has 2 aromatic carbocycles. The van der Waals surface area contributed by atoms with Crippen LogP contribution < -0.4 is 16.0 Å². The number of nitrogens with one attached hydrogen (secondary N) is 3. The molecule has 1 aliphatic rings. The second-order valence-electron chi connectivity index (χ2n) is 11.2. The van der Waals surface area contributed by atoms with Gasteiger partial charge in [-0.05, 0) is 77.3 Å². The van der Waals surface area contributed by atoms with E-state index in [1.165, 1.54) is 19.1 Å². The molecule has 0 aliphatic carbocycles. The summed E-state index contributed by atoms with van der Waals surface area (Å²) in [5, 5.41) is 17.4. The van der Waals surface area contributed by atoms with E-state index in [9.17, 15) is 32.7 Å². The summed E-state index contributed by atoms with van der Waals surface area (Å²) in [6.45, 7) is 8.63. The number of aliphatic carboxylic acids is 1. The number of hydrogen-bond acceptors (Lipinski definition) is 7. The molecule has 3 rings (SSSR count). The number of alkyl carbamates (subject to hydrolysis) is 1. The summed E-state index contributed by atoms with van der Waals surface area (Å²) in [6.07, 6.45) is -0.0434. The highest BCUT2D eigenvalue weighted by molar-refractivity contribution is 7.89. The van der Waals surface area contributed by atoms with Gasteiger partial charge in [-0.3, -0.25) is 9.59 Å². The highest BCUT2D eigenvalue weighted by Crippen LogP contribution is 2.26. The Morgan fingerprint density at radius 1 is 1.02 bits per heavy atom. The van der Waals surface area contributed by atoms with Crippen LogP contribution >= 0.6 is 0 Å². The van der Waals surface area contributed by atoms with Crippen molar-refractivity contribution in [1.29, 1.82) is 0 Å². The molecule has 0 bridgehead atoms. The zero-order valence-corrected chi connectivity index (χ0v) is 25.2. The van der Waals surface area contributed by atoms with Gasteiger partial charge in [0.15, 0.2) is 0 Å². The maximum absolute atomic E-state index is 13.2. The van der Waals surface area contributed by atoms with Crippen LogP contribution in [0.5, 0.6) is 0 Å². The van der Waals surface area contributed by atoms with Crippen LogP contribution in [0.2, 0.25) is 0 Å². The third-order valence-electron chi connectivity index (χ3n) is 6.54. The van der Waals surface area contributed by atoms with Crippen molar-refractivity contribution in [3.63, 3.8) is 0 Å². The van der Waals surface area contributed by atoms with E-state index in [-0.39, 0.29) is 24.3 Å². The van der Waals surface area contributed by atoms with Gasteiger partial charge in [-0.15, -0.1) is 0 Å². The fourth-order valence-electron chi connectivity index (χ4n) is 4.36. The van der Waals surface area contributed by atoms with Gasteiger partial charge in [0, 0.05) is 18.7 Å². The van der Waals surface area contributed by atoms with E-state index >= 15 is 0 Å². The maximum atomic E-state index is 13.2. The summed E-state index contributed by atoms with van der Waals surface area (Å²) < 4.78 is 32.7. The molecule has 2 aromatic rings. The number of hydrogen-bond donors (Lipinski definition) is 4. The molecule has 3 amide bonds. The van der Waals surface area contributed by atoms with E-state index in [1.54, 1.807) is 57.2 Å². The highest BCUT2D eigenvalue weighted by atomic mass is 32.2. The van der Waals surface area contributed by atoms with Crippen molar-refractivity contribution in [3.8, 4) is 0 Å². The summed E-state index contributed by atoms with van der Waals surface area (Å²) in [6, 6.07) is 9.48. The number of carbonyl (C=O) groups excluding carboxylic acids is 3. The number of anilines is 1. The Labute approximate surface area is 245 Å². The fourth-order valence-corrected chi connectivity index (χ4v) is 6.02. The van der Waals surface area contributed by atoms with Gasteiger partial charge < -0.3 is 25.8 Å². The molecular formula is C29H38N4O8S. The minimum atomic E-state index is -3.94. The van der Waals surface area contributed by atoms with Crippen molar-refractivity contribution in [2.75, 3.05) is 11.9 Å². The Hall–Kier alpha value is -3.97. The molecule has 3 unspecified atom stereocenters. The molecule has 1 fully saturated rings. The summed E-state index contributed by atoms with van der Waals surface area (Å²) in [4.78, 5) is 49.6.